The van der Waals surface area contributed by atoms with E-state index in [0.29, 0.717) is 56.9 Å². The molecule has 1 fully saturated rings. The summed E-state index contributed by atoms with van der Waals surface area (Å²) in [5.74, 6) is 1.34. The molecule has 0 saturated carbocycles. The Morgan fingerprint density at radius 2 is 1.62 bits per heavy atom. The molecule has 6 rings (SSSR count). The summed E-state index contributed by atoms with van der Waals surface area (Å²) in [6.45, 7) is 9.44. The molecule has 0 aliphatic carbocycles. The van der Waals surface area contributed by atoms with Crippen molar-refractivity contribution in [3.05, 3.63) is 77.1 Å². The molecular weight excluding hydrogens is 500 g/mol. The van der Waals surface area contributed by atoms with Crippen LogP contribution in [0.2, 0.25) is 0 Å². The van der Waals surface area contributed by atoms with Gasteiger partial charge in [-0.2, -0.15) is 0 Å². The number of nitrogens with zero attached hydrogens (tertiary/aromatic N) is 2. The molecule has 2 unspecified atom stereocenters. The lowest BCUT2D eigenvalue weighted by Crippen LogP contribution is -2.33. The number of ether oxygens (including phenoxy) is 4. The van der Waals surface area contributed by atoms with Crippen LogP contribution < -0.4 is 14.2 Å². The molecule has 9 heteroatoms. The van der Waals surface area contributed by atoms with Gasteiger partial charge in [-0.05, 0) is 23.8 Å². The minimum atomic E-state index is -1.21. The van der Waals surface area contributed by atoms with Gasteiger partial charge in [0, 0.05) is 31.0 Å². The Bertz CT molecular complexity index is 1630. The Hall–Kier alpha value is -4.39. The fourth-order valence-electron chi connectivity index (χ4n) is 6.11. The van der Waals surface area contributed by atoms with Crippen molar-refractivity contribution in [2.24, 2.45) is 0 Å². The molecule has 0 spiro atoms. The molecule has 4 aromatic rings. The minimum absolute atomic E-state index is 0.165. The van der Waals surface area contributed by atoms with E-state index in [1.807, 2.05) is 24.3 Å². The van der Waals surface area contributed by atoms with Gasteiger partial charge in [-0.3, -0.25) is 4.57 Å². The van der Waals surface area contributed by atoms with E-state index in [1.54, 1.807) is 51.5 Å². The highest BCUT2D eigenvalue weighted by Gasteiger charge is 2.66. The number of benzene rings is 3. The maximum Gasteiger partial charge on any atom is 0.205 e. The van der Waals surface area contributed by atoms with Gasteiger partial charge < -0.3 is 34.3 Å². The van der Waals surface area contributed by atoms with Crippen LogP contribution in [0.5, 0.6) is 29.0 Å². The first-order valence-electron chi connectivity index (χ1n) is 12.6. The van der Waals surface area contributed by atoms with Crippen LogP contribution in [0, 0.1) is 6.57 Å². The second-order valence-electron chi connectivity index (χ2n) is 10.1. The molecule has 1 saturated heterocycles. The molecule has 9 nitrogen and oxygen atoms in total. The molecule has 2 aliphatic rings. The summed E-state index contributed by atoms with van der Waals surface area (Å²) < 4.78 is 24.5. The topological polar surface area (TPSA) is 107 Å². The summed E-state index contributed by atoms with van der Waals surface area (Å²) in [5, 5.41) is 35.6. The standard InChI is InChI=1S/C30H28N2O7/c1-29-24(33)16-30(39-29,11-12-38-19-14-17(36-3)13-18(15-19)37-4)26-25(29)27(34)32(28(26)35)23-10-9-22(31-2)20-7-5-6-8-21(20)23/h5-10,13-15,24,33-35H,11-12,16H2,1,3-4H3/t24-,29?,30?/m1/s1. The van der Waals surface area contributed by atoms with Crippen molar-refractivity contribution in [3.8, 4) is 34.7 Å². The second-order valence-corrected chi connectivity index (χ2v) is 10.1. The van der Waals surface area contributed by atoms with Crippen LogP contribution in [0.25, 0.3) is 21.3 Å². The molecule has 200 valence electrons. The van der Waals surface area contributed by atoms with E-state index in [-0.39, 0.29) is 24.8 Å². The molecule has 3 atom stereocenters. The monoisotopic (exact) mass is 528 g/mol. The largest absolute Gasteiger partial charge is 0.496 e. The number of hydrogen-bond acceptors (Lipinski definition) is 7. The van der Waals surface area contributed by atoms with Crippen molar-refractivity contribution in [2.75, 3.05) is 20.8 Å². The van der Waals surface area contributed by atoms with Crippen LogP contribution in [0.15, 0.2) is 54.6 Å². The first-order valence-corrected chi connectivity index (χ1v) is 12.6. The Kier molecular flexibility index (Phi) is 5.64. The number of aromatic nitrogens is 1. The normalized spacial score (nSPS) is 23.0. The third-order valence-corrected chi connectivity index (χ3v) is 7.98. The average Bonchev–Trinajstić information content (AvgIpc) is 3.48. The van der Waals surface area contributed by atoms with Gasteiger partial charge in [0.05, 0.1) is 50.3 Å². The van der Waals surface area contributed by atoms with E-state index in [1.165, 1.54) is 4.57 Å². The van der Waals surface area contributed by atoms with Gasteiger partial charge in [0.15, 0.2) is 5.69 Å². The molecule has 39 heavy (non-hydrogen) atoms. The maximum absolute atomic E-state index is 11.6. The molecule has 0 amide bonds. The zero-order valence-electron chi connectivity index (χ0n) is 21.8. The molecule has 3 aromatic carbocycles. The summed E-state index contributed by atoms with van der Waals surface area (Å²) in [6, 6.07) is 16.0. The molecule has 0 radical (unpaired) electrons. The number of rotatable bonds is 7. The number of hydrogen-bond donors (Lipinski definition) is 3. The lowest BCUT2D eigenvalue weighted by atomic mass is 9.76. The predicted molar refractivity (Wildman–Crippen MR) is 143 cm³/mol. The Morgan fingerprint density at radius 3 is 2.28 bits per heavy atom. The van der Waals surface area contributed by atoms with Gasteiger partial charge in [-0.1, -0.05) is 30.3 Å². The van der Waals surface area contributed by atoms with Crippen LogP contribution in [0.3, 0.4) is 0 Å². The van der Waals surface area contributed by atoms with E-state index in [0.717, 1.165) is 0 Å². The lowest BCUT2D eigenvalue weighted by molar-refractivity contribution is -0.107. The number of methoxy groups -OCH3 is 2. The maximum atomic E-state index is 11.6. The van der Waals surface area contributed by atoms with Crippen molar-refractivity contribution >= 4 is 16.5 Å². The van der Waals surface area contributed by atoms with Gasteiger partial charge in [0.2, 0.25) is 11.8 Å². The van der Waals surface area contributed by atoms with Crippen molar-refractivity contribution in [3.63, 3.8) is 0 Å². The van der Waals surface area contributed by atoms with Crippen LogP contribution >= 0.6 is 0 Å². The zero-order chi connectivity index (χ0) is 27.5. The lowest BCUT2D eigenvalue weighted by Gasteiger charge is -2.26. The fourth-order valence-corrected chi connectivity index (χ4v) is 6.11. The Balaban J connectivity index is 1.41. The zero-order valence-corrected chi connectivity index (χ0v) is 21.8. The van der Waals surface area contributed by atoms with Gasteiger partial charge in [0.25, 0.3) is 0 Å². The van der Waals surface area contributed by atoms with Crippen LogP contribution in [0.4, 0.5) is 5.69 Å². The van der Waals surface area contributed by atoms with Gasteiger partial charge in [0.1, 0.15) is 28.5 Å². The second kappa shape index (κ2) is 8.83. The first kappa shape index (κ1) is 24.9. The van der Waals surface area contributed by atoms with Crippen molar-refractivity contribution in [1.29, 1.82) is 0 Å². The molecule has 3 N–H and O–H groups in total. The van der Waals surface area contributed by atoms with Gasteiger partial charge in [-0.15, -0.1) is 0 Å². The van der Waals surface area contributed by atoms with E-state index in [4.69, 9.17) is 25.5 Å². The predicted octanol–water partition coefficient (Wildman–Crippen LogP) is 5.28. The van der Waals surface area contributed by atoms with Crippen molar-refractivity contribution in [2.45, 2.75) is 37.1 Å². The molecular formula is C30H28N2O7. The third-order valence-electron chi connectivity index (χ3n) is 7.98. The van der Waals surface area contributed by atoms with Gasteiger partial charge >= 0.3 is 0 Å². The Morgan fingerprint density at radius 1 is 0.974 bits per heavy atom. The van der Waals surface area contributed by atoms with E-state index < -0.39 is 17.3 Å². The van der Waals surface area contributed by atoms with Crippen LogP contribution in [-0.2, 0) is 15.9 Å². The number of fused-ring (bicyclic) bond motifs is 6. The number of aromatic hydroxyl groups is 2. The molecule has 2 bridgehead atoms. The van der Waals surface area contributed by atoms with Crippen molar-refractivity contribution < 1.29 is 34.3 Å². The summed E-state index contributed by atoms with van der Waals surface area (Å²) in [5.41, 5.74) is -0.492. The van der Waals surface area contributed by atoms with E-state index >= 15 is 0 Å². The smallest absolute Gasteiger partial charge is 0.205 e. The molecule has 1 aromatic heterocycles. The van der Waals surface area contributed by atoms with E-state index in [9.17, 15) is 15.3 Å². The summed E-state index contributed by atoms with van der Waals surface area (Å²) in [4.78, 5) is 3.61. The number of aliphatic hydroxyl groups is 1. The minimum Gasteiger partial charge on any atom is -0.496 e. The third kappa shape index (κ3) is 3.52. The highest BCUT2D eigenvalue weighted by atomic mass is 16.6. The van der Waals surface area contributed by atoms with Gasteiger partial charge in [-0.25, -0.2) is 4.85 Å². The van der Waals surface area contributed by atoms with Crippen LogP contribution in [0.1, 0.15) is 30.9 Å². The highest BCUT2D eigenvalue weighted by Crippen LogP contribution is 2.65. The summed E-state index contributed by atoms with van der Waals surface area (Å²) in [6.07, 6.45) is -0.361. The molecule has 2 aliphatic heterocycles. The average molecular weight is 529 g/mol. The summed E-state index contributed by atoms with van der Waals surface area (Å²) >= 11 is 0. The number of aliphatic hydroxyl groups excluding tert-OH is 1. The fraction of sp³-hybridized carbons (Fsp3) is 0.300. The molecule has 3 heterocycles. The van der Waals surface area contributed by atoms with Crippen LogP contribution in [-0.4, -0.2) is 46.8 Å². The SMILES string of the molecule is [C-]#[N+]c1ccc(-n2c(O)c3c(c2O)C2(C)OC3(CCOc3cc(OC)cc(OC)c3)C[C@H]2O)c2ccccc12. The first-order chi connectivity index (χ1) is 18.8. The highest BCUT2D eigenvalue weighted by molar-refractivity contribution is 6.00. The summed E-state index contributed by atoms with van der Waals surface area (Å²) in [7, 11) is 3.12. The Labute approximate surface area is 225 Å². The van der Waals surface area contributed by atoms with Crippen molar-refractivity contribution in [1.82, 2.24) is 4.57 Å². The van der Waals surface area contributed by atoms with E-state index in [2.05, 4.69) is 4.85 Å². The quantitative estimate of drug-likeness (QED) is 0.280.